The molecule has 5 heteroatoms. The van der Waals surface area contributed by atoms with Gasteiger partial charge in [-0.2, -0.15) is 0 Å². The molecule has 1 fully saturated rings. The van der Waals surface area contributed by atoms with Gasteiger partial charge in [-0.3, -0.25) is 4.79 Å². The predicted molar refractivity (Wildman–Crippen MR) is 82.1 cm³/mol. The van der Waals surface area contributed by atoms with E-state index < -0.39 is 0 Å². The molecular formula is C17H21N3O2. The molecule has 0 saturated heterocycles. The highest BCUT2D eigenvalue weighted by Crippen LogP contribution is 2.39. The molecule has 1 amide bonds. The Morgan fingerprint density at radius 2 is 2.18 bits per heavy atom. The Morgan fingerprint density at radius 1 is 1.36 bits per heavy atom. The Balaban J connectivity index is 1.60. The molecule has 22 heavy (non-hydrogen) atoms. The molecule has 1 aliphatic rings. The van der Waals surface area contributed by atoms with Gasteiger partial charge in [0.1, 0.15) is 11.5 Å². The number of hydrogen-bond acceptors (Lipinski definition) is 4. The van der Waals surface area contributed by atoms with Gasteiger partial charge >= 0.3 is 0 Å². The van der Waals surface area contributed by atoms with Crippen molar-refractivity contribution in [2.75, 3.05) is 0 Å². The quantitative estimate of drug-likeness (QED) is 0.890. The normalized spacial score (nSPS) is 15.5. The number of furan rings is 1. The molecule has 0 spiro atoms. The van der Waals surface area contributed by atoms with Crippen LogP contribution < -0.4 is 5.32 Å². The van der Waals surface area contributed by atoms with Gasteiger partial charge in [0.2, 0.25) is 5.91 Å². The Hall–Kier alpha value is -2.17. The van der Waals surface area contributed by atoms with E-state index in [9.17, 15) is 4.79 Å². The van der Waals surface area contributed by atoms with Crippen LogP contribution in [0.2, 0.25) is 0 Å². The lowest BCUT2D eigenvalue weighted by molar-refractivity contribution is -0.122. The van der Waals surface area contributed by atoms with Crippen LogP contribution in [0.4, 0.5) is 0 Å². The molecule has 2 aromatic heterocycles. The zero-order valence-corrected chi connectivity index (χ0v) is 13.0. The monoisotopic (exact) mass is 299 g/mol. The second kappa shape index (κ2) is 6.30. The second-order valence-electron chi connectivity index (χ2n) is 5.95. The summed E-state index contributed by atoms with van der Waals surface area (Å²) in [6.45, 7) is 3.85. The molecule has 1 N–H and O–H groups in total. The van der Waals surface area contributed by atoms with Gasteiger partial charge in [-0.25, -0.2) is 9.97 Å². The Morgan fingerprint density at radius 3 is 2.82 bits per heavy atom. The molecule has 3 rings (SSSR count). The van der Waals surface area contributed by atoms with Crippen molar-refractivity contribution in [1.29, 1.82) is 0 Å². The minimum absolute atomic E-state index is 0.0241. The number of amides is 1. The van der Waals surface area contributed by atoms with Crippen LogP contribution in [-0.4, -0.2) is 15.9 Å². The molecule has 0 aliphatic heterocycles. The minimum Gasteiger partial charge on any atom is -0.466 e. The van der Waals surface area contributed by atoms with Gasteiger partial charge in [0.25, 0.3) is 0 Å². The van der Waals surface area contributed by atoms with Crippen molar-refractivity contribution in [1.82, 2.24) is 15.3 Å². The summed E-state index contributed by atoms with van der Waals surface area (Å²) in [7, 11) is 0. The molecule has 1 unspecified atom stereocenters. The van der Waals surface area contributed by atoms with Crippen LogP contribution in [0.3, 0.4) is 0 Å². The van der Waals surface area contributed by atoms with Crippen molar-refractivity contribution in [3.05, 3.63) is 47.4 Å². The van der Waals surface area contributed by atoms with Crippen LogP contribution in [0, 0.1) is 19.8 Å². The fraction of sp³-hybridized carbons (Fsp3) is 0.471. The molecule has 1 saturated carbocycles. The number of nitrogens with one attached hydrogen (secondary N) is 1. The van der Waals surface area contributed by atoms with Gasteiger partial charge in [-0.1, -0.05) is 0 Å². The molecule has 2 aromatic rings. The summed E-state index contributed by atoms with van der Waals surface area (Å²) in [5.74, 6) is 2.94. The maximum absolute atomic E-state index is 12.2. The van der Waals surface area contributed by atoms with Crippen LogP contribution in [0.25, 0.3) is 0 Å². The lowest BCUT2D eigenvalue weighted by Crippen LogP contribution is -2.31. The van der Waals surface area contributed by atoms with E-state index in [0.717, 1.165) is 35.9 Å². The van der Waals surface area contributed by atoms with Gasteiger partial charge in [0.15, 0.2) is 5.82 Å². The first-order valence-corrected chi connectivity index (χ1v) is 7.76. The Kier molecular flexibility index (Phi) is 4.22. The highest BCUT2D eigenvalue weighted by Gasteiger charge is 2.35. The van der Waals surface area contributed by atoms with Gasteiger partial charge in [-0.15, -0.1) is 0 Å². The van der Waals surface area contributed by atoms with E-state index in [-0.39, 0.29) is 11.9 Å². The number of nitrogens with zero attached hydrogens (tertiary/aromatic N) is 2. The zero-order chi connectivity index (χ0) is 15.5. The first-order valence-electron chi connectivity index (χ1n) is 7.76. The van der Waals surface area contributed by atoms with Crippen LogP contribution in [0.5, 0.6) is 0 Å². The number of hydrogen-bond donors (Lipinski definition) is 1. The van der Waals surface area contributed by atoms with Crippen LogP contribution in [-0.2, 0) is 11.2 Å². The third kappa shape index (κ3) is 3.72. The summed E-state index contributed by atoms with van der Waals surface area (Å²) in [6, 6.07) is 5.64. The van der Waals surface area contributed by atoms with Crippen LogP contribution in [0.1, 0.15) is 48.3 Å². The third-order valence-corrected chi connectivity index (χ3v) is 3.90. The maximum atomic E-state index is 12.2. The van der Waals surface area contributed by atoms with Gasteiger partial charge in [0, 0.05) is 24.7 Å². The topological polar surface area (TPSA) is 68.0 Å². The second-order valence-corrected chi connectivity index (χ2v) is 5.95. The van der Waals surface area contributed by atoms with E-state index in [0.29, 0.717) is 18.8 Å². The highest BCUT2D eigenvalue weighted by molar-refractivity contribution is 5.76. The van der Waals surface area contributed by atoms with Crippen LogP contribution >= 0.6 is 0 Å². The van der Waals surface area contributed by atoms with Crippen molar-refractivity contribution in [2.45, 2.75) is 45.6 Å². The smallest absolute Gasteiger partial charge is 0.221 e. The number of rotatable bonds is 6. The molecule has 1 aliphatic carbocycles. The Bertz CT molecular complexity index is 661. The summed E-state index contributed by atoms with van der Waals surface area (Å²) in [5.41, 5.74) is 0.927. The molecule has 5 nitrogen and oxygen atoms in total. The van der Waals surface area contributed by atoms with Gasteiger partial charge in [-0.05, 0) is 50.8 Å². The number of carbonyl (C=O) groups is 1. The lowest BCUT2D eigenvalue weighted by atomic mass is 10.1. The van der Waals surface area contributed by atoms with Crippen molar-refractivity contribution in [3.63, 3.8) is 0 Å². The van der Waals surface area contributed by atoms with Crippen molar-refractivity contribution in [3.8, 4) is 0 Å². The fourth-order valence-electron chi connectivity index (χ4n) is 2.54. The van der Waals surface area contributed by atoms with Crippen LogP contribution in [0.15, 0.2) is 28.8 Å². The number of aryl methyl sites for hydroxylation is 3. The zero-order valence-electron chi connectivity index (χ0n) is 13.0. The van der Waals surface area contributed by atoms with E-state index in [1.54, 1.807) is 6.20 Å². The first kappa shape index (κ1) is 14.8. The molecule has 0 radical (unpaired) electrons. The SMILES string of the molecule is Cc1ccnc(C(NC(=O)CCc2ccc(C)o2)C2CC2)n1. The molecule has 116 valence electrons. The van der Waals surface area contributed by atoms with Gasteiger partial charge in [0.05, 0.1) is 6.04 Å². The maximum Gasteiger partial charge on any atom is 0.221 e. The molecule has 0 bridgehead atoms. The highest BCUT2D eigenvalue weighted by atomic mass is 16.3. The standard InChI is InChI=1S/C17H21N3O2/c1-11-9-10-18-17(19-11)16(13-4-5-13)20-15(21)8-7-14-6-3-12(2)22-14/h3,6,9-10,13,16H,4-5,7-8H2,1-2H3,(H,20,21). The van der Waals surface area contributed by atoms with E-state index in [2.05, 4.69) is 15.3 Å². The Labute approximate surface area is 130 Å². The first-order chi connectivity index (χ1) is 10.6. The summed E-state index contributed by atoms with van der Waals surface area (Å²) in [4.78, 5) is 21.0. The largest absolute Gasteiger partial charge is 0.466 e. The average Bonchev–Trinajstić information content (AvgIpc) is 3.25. The van der Waals surface area contributed by atoms with Gasteiger partial charge < -0.3 is 9.73 Å². The fourth-order valence-corrected chi connectivity index (χ4v) is 2.54. The number of carbonyl (C=O) groups excluding carboxylic acids is 1. The van der Waals surface area contributed by atoms with E-state index in [4.69, 9.17) is 4.42 Å². The van der Waals surface area contributed by atoms with E-state index in [1.807, 2.05) is 32.0 Å². The molecule has 0 aromatic carbocycles. The summed E-state index contributed by atoms with van der Waals surface area (Å²) < 4.78 is 5.49. The van der Waals surface area contributed by atoms with E-state index in [1.165, 1.54) is 0 Å². The van der Waals surface area contributed by atoms with Crippen molar-refractivity contribution < 1.29 is 9.21 Å². The predicted octanol–water partition coefficient (Wildman–Crippen LogP) is 2.89. The molecule has 1 atom stereocenters. The average molecular weight is 299 g/mol. The lowest BCUT2D eigenvalue weighted by Gasteiger charge is -2.17. The minimum atomic E-state index is -0.0641. The summed E-state index contributed by atoms with van der Waals surface area (Å²) in [6.07, 6.45) is 5.04. The molecular weight excluding hydrogens is 278 g/mol. The molecule has 2 heterocycles. The third-order valence-electron chi connectivity index (χ3n) is 3.90. The van der Waals surface area contributed by atoms with Crippen molar-refractivity contribution in [2.24, 2.45) is 5.92 Å². The van der Waals surface area contributed by atoms with Crippen molar-refractivity contribution >= 4 is 5.91 Å². The van der Waals surface area contributed by atoms with E-state index >= 15 is 0 Å². The summed E-state index contributed by atoms with van der Waals surface area (Å²) in [5, 5.41) is 3.09. The number of aromatic nitrogens is 2. The summed E-state index contributed by atoms with van der Waals surface area (Å²) >= 11 is 0.